The molecule has 11 heavy (non-hydrogen) atoms. The van der Waals surface area contributed by atoms with Gasteiger partial charge in [0.1, 0.15) is 0 Å². The molecule has 0 unspecified atom stereocenters. The van der Waals surface area contributed by atoms with Crippen molar-refractivity contribution in [1.29, 1.82) is 0 Å². The SMILES string of the molecule is CSS/C(=C/C(C)(C)C)SC. The van der Waals surface area contributed by atoms with Gasteiger partial charge in [-0.2, -0.15) is 0 Å². The Morgan fingerprint density at radius 1 is 1.18 bits per heavy atom. The fourth-order valence-corrected chi connectivity index (χ4v) is 3.72. The molecular formula is C8H16S3. The molecule has 0 radical (unpaired) electrons. The fourth-order valence-electron chi connectivity index (χ4n) is 0.553. The minimum absolute atomic E-state index is 0.307. The number of hydrogen-bond acceptors (Lipinski definition) is 3. The molecule has 3 heteroatoms. The second kappa shape index (κ2) is 5.44. The lowest BCUT2D eigenvalue weighted by Crippen LogP contribution is -1.99. The molecule has 0 atom stereocenters. The maximum Gasteiger partial charge on any atom is 0.0473 e. The van der Waals surface area contributed by atoms with Crippen molar-refractivity contribution in [2.75, 3.05) is 12.5 Å². The molecule has 66 valence electrons. The zero-order valence-electron chi connectivity index (χ0n) is 7.80. The molecule has 0 aliphatic carbocycles. The van der Waals surface area contributed by atoms with Gasteiger partial charge in [0, 0.05) is 4.24 Å². The summed E-state index contributed by atoms with van der Waals surface area (Å²) in [6.45, 7) is 6.68. The second-order valence-electron chi connectivity index (χ2n) is 3.28. The Kier molecular flexibility index (Phi) is 5.83. The van der Waals surface area contributed by atoms with Gasteiger partial charge in [-0.1, -0.05) is 48.4 Å². The van der Waals surface area contributed by atoms with Crippen LogP contribution in [0.3, 0.4) is 0 Å². The summed E-state index contributed by atoms with van der Waals surface area (Å²) in [5.74, 6) is 0. The first-order chi connectivity index (χ1) is 4.99. The first-order valence-corrected chi connectivity index (χ1v) is 7.25. The molecule has 0 nitrogen and oxygen atoms in total. The van der Waals surface area contributed by atoms with Crippen molar-refractivity contribution in [3.63, 3.8) is 0 Å². The van der Waals surface area contributed by atoms with Crippen LogP contribution in [0.25, 0.3) is 0 Å². The largest absolute Gasteiger partial charge is 0.122 e. The van der Waals surface area contributed by atoms with Crippen molar-refractivity contribution in [2.45, 2.75) is 20.8 Å². The summed E-state index contributed by atoms with van der Waals surface area (Å²) in [6, 6.07) is 0. The second-order valence-corrected chi connectivity index (χ2v) is 6.83. The Labute approximate surface area is 82.4 Å². The third kappa shape index (κ3) is 7.16. The van der Waals surface area contributed by atoms with E-state index in [1.165, 1.54) is 4.24 Å². The number of thioether (sulfide) groups is 1. The van der Waals surface area contributed by atoms with E-state index in [-0.39, 0.29) is 0 Å². The van der Waals surface area contributed by atoms with E-state index >= 15 is 0 Å². The molecule has 0 bridgehead atoms. The van der Waals surface area contributed by atoms with E-state index in [2.05, 4.69) is 39.4 Å². The zero-order valence-corrected chi connectivity index (χ0v) is 10.3. The van der Waals surface area contributed by atoms with E-state index in [0.29, 0.717) is 5.41 Å². The fraction of sp³-hybridized carbons (Fsp3) is 0.750. The van der Waals surface area contributed by atoms with E-state index in [1.54, 1.807) is 10.8 Å². The Bertz CT molecular complexity index is 133. The Morgan fingerprint density at radius 3 is 2.00 bits per heavy atom. The molecule has 0 saturated heterocycles. The summed E-state index contributed by atoms with van der Waals surface area (Å²) in [7, 11) is 3.65. The maximum absolute atomic E-state index is 2.32. The van der Waals surface area contributed by atoms with E-state index in [1.807, 2.05) is 22.6 Å². The Balaban J connectivity index is 4.11. The normalized spacial score (nSPS) is 13.7. The lowest BCUT2D eigenvalue weighted by atomic mass is 9.98. The van der Waals surface area contributed by atoms with Crippen molar-refractivity contribution in [1.82, 2.24) is 0 Å². The van der Waals surface area contributed by atoms with E-state index in [9.17, 15) is 0 Å². The molecule has 0 aromatic heterocycles. The van der Waals surface area contributed by atoms with Gasteiger partial charge in [0.15, 0.2) is 0 Å². The minimum atomic E-state index is 0.307. The third-order valence-electron chi connectivity index (χ3n) is 0.918. The predicted molar refractivity (Wildman–Crippen MR) is 62.2 cm³/mol. The molecule has 0 fully saturated rings. The van der Waals surface area contributed by atoms with Crippen LogP contribution in [0.1, 0.15) is 20.8 Å². The summed E-state index contributed by atoms with van der Waals surface area (Å²) in [6.07, 6.45) is 6.55. The summed E-state index contributed by atoms with van der Waals surface area (Å²) < 4.78 is 1.41. The van der Waals surface area contributed by atoms with Crippen molar-refractivity contribution < 1.29 is 0 Å². The van der Waals surface area contributed by atoms with Crippen LogP contribution in [0.15, 0.2) is 10.3 Å². The van der Waals surface area contributed by atoms with Gasteiger partial charge in [-0.25, -0.2) is 0 Å². The van der Waals surface area contributed by atoms with Crippen LogP contribution < -0.4 is 0 Å². The number of hydrogen-bond donors (Lipinski definition) is 0. The highest BCUT2D eigenvalue weighted by atomic mass is 33.1. The van der Waals surface area contributed by atoms with E-state index in [4.69, 9.17) is 0 Å². The van der Waals surface area contributed by atoms with E-state index < -0.39 is 0 Å². The van der Waals surface area contributed by atoms with Crippen LogP contribution in [-0.2, 0) is 0 Å². The molecule has 0 spiro atoms. The Morgan fingerprint density at radius 2 is 1.73 bits per heavy atom. The van der Waals surface area contributed by atoms with Gasteiger partial charge in [-0.3, -0.25) is 0 Å². The molecule has 0 amide bonds. The van der Waals surface area contributed by atoms with Crippen molar-refractivity contribution >= 4 is 33.3 Å². The van der Waals surface area contributed by atoms with Gasteiger partial charge in [0.2, 0.25) is 0 Å². The average molecular weight is 208 g/mol. The van der Waals surface area contributed by atoms with Gasteiger partial charge in [0.05, 0.1) is 0 Å². The average Bonchev–Trinajstić information content (AvgIpc) is 1.84. The molecule has 0 aromatic rings. The molecule has 0 aliphatic rings. The van der Waals surface area contributed by atoms with Crippen molar-refractivity contribution in [3.05, 3.63) is 10.3 Å². The lowest BCUT2D eigenvalue weighted by Gasteiger charge is -2.13. The van der Waals surface area contributed by atoms with Gasteiger partial charge in [-0.15, -0.1) is 11.8 Å². The highest BCUT2D eigenvalue weighted by Crippen LogP contribution is 2.37. The molecule has 0 saturated carbocycles. The molecule has 0 heterocycles. The molecule has 0 N–H and O–H groups in total. The highest BCUT2D eigenvalue weighted by molar-refractivity contribution is 8.79. The van der Waals surface area contributed by atoms with Crippen LogP contribution in [0.4, 0.5) is 0 Å². The summed E-state index contributed by atoms with van der Waals surface area (Å²) in [5.41, 5.74) is 0.307. The summed E-state index contributed by atoms with van der Waals surface area (Å²) in [5, 5.41) is 0. The predicted octanol–water partition coefficient (Wildman–Crippen LogP) is 4.25. The minimum Gasteiger partial charge on any atom is -0.122 e. The van der Waals surface area contributed by atoms with Crippen LogP contribution in [-0.4, -0.2) is 12.5 Å². The first kappa shape index (κ1) is 11.8. The lowest BCUT2D eigenvalue weighted by molar-refractivity contribution is 0.544. The third-order valence-corrected chi connectivity index (χ3v) is 3.99. The maximum atomic E-state index is 2.32. The van der Waals surface area contributed by atoms with Gasteiger partial charge in [0.25, 0.3) is 0 Å². The zero-order chi connectivity index (χ0) is 8.91. The summed E-state index contributed by atoms with van der Waals surface area (Å²) >= 11 is 1.82. The topological polar surface area (TPSA) is 0 Å². The quantitative estimate of drug-likeness (QED) is 0.636. The summed E-state index contributed by atoms with van der Waals surface area (Å²) in [4.78, 5) is 0. The Hall–Kier alpha value is 0.790. The number of rotatable bonds is 3. The van der Waals surface area contributed by atoms with Crippen LogP contribution >= 0.6 is 33.3 Å². The van der Waals surface area contributed by atoms with E-state index in [0.717, 1.165) is 0 Å². The van der Waals surface area contributed by atoms with Gasteiger partial charge < -0.3 is 0 Å². The first-order valence-electron chi connectivity index (χ1n) is 3.47. The van der Waals surface area contributed by atoms with Gasteiger partial charge in [-0.05, 0) is 17.9 Å². The smallest absolute Gasteiger partial charge is 0.0473 e. The monoisotopic (exact) mass is 208 g/mol. The van der Waals surface area contributed by atoms with Crippen LogP contribution in [0.5, 0.6) is 0 Å². The molecule has 0 aliphatic heterocycles. The van der Waals surface area contributed by atoms with Crippen LogP contribution in [0, 0.1) is 5.41 Å². The highest BCUT2D eigenvalue weighted by Gasteiger charge is 2.07. The van der Waals surface area contributed by atoms with Gasteiger partial charge >= 0.3 is 0 Å². The number of allylic oxidation sites excluding steroid dienone is 1. The molecular weight excluding hydrogens is 192 g/mol. The standard InChI is InChI=1S/C8H16S3/c1-8(2,3)6-7(9-4)11-10-5/h6H,1-5H3/b7-6+. The molecule has 0 aromatic carbocycles. The van der Waals surface area contributed by atoms with Crippen molar-refractivity contribution in [3.8, 4) is 0 Å². The molecule has 0 rings (SSSR count). The van der Waals surface area contributed by atoms with Crippen molar-refractivity contribution in [2.24, 2.45) is 5.41 Å². The van der Waals surface area contributed by atoms with Crippen LogP contribution in [0.2, 0.25) is 0 Å².